The van der Waals surface area contributed by atoms with Crippen LogP contribution in [0.3, 0.4) is 0 Å². The maximum absolute atomic E-state index is 12.5. The van der Waals surface area contributed by atoms with Crippen molar-refractivity contribution in [2.45, 2.75) is 24.7 Å². The van der Waals surface area contributed by atoms with E-state index in [2.05, 4.69) is 30.9 Å². The van der Waals surface area contributed by atoms with Gasteiger partial charge in [0.1, 0.15) is 0 Å². The molecule has 1 saturated heterocycles. The largest absolute Gasteiger partial charge is 0.324 e. The second-order valence-electron chi connectivity index (χ2n) is 7.44. The maximum atomic E-state index is 12.5. The molecule has 0 bridgehead atoms. The smallest absolute Gasteiger partial charge is 0.240 e. The minimum absolute atomic E-state index is 0.0715. The van der Waals surface area contributed by atoms with Gasteiger partial charge in [-0.2, -0.15) is 0 Å². The van der Waals surface area contributed by atoms with Crippen LogP contribution in [0.1, 0.15) is 18.4 Å². The summed E-state index contributed by atoms with van der Waals surface area (Å²) >= 11 is 3.43. The van der Waals surface area contributed by atoms with Crippen molar-refractivity contribution in [3.63, 3.8) is 0 Å². The van der Waals surface area contributed by atoms with Gasteiger partial charge in [0.2, 0.25) is 15.9 Å². The third kappa shape index (κ3) is 6.37. The van der Waals surface area contributed by atoms with Gasteiger partial charge in [-0.1, -0.05) is 29.8 Å². The van der Waals surface area contributed by atoms with Crippen LogP contribution < -0.4 is 10.0 Å². The van der Waals surface area contributed by atoms with E-state index in [1.165, 1.54) is 0 Å². The molecule has 8 heteroatoms. The van der Waals surface area contributed by atoms with E-state index in [-0.39, 0.29) is 16.7 Å². The lowest BCUT2D eigenvalue weighted by Crippen LogP contribution is -2.43. The molecule has 1 aliphatic rings. The lowest BCUT2D eigenvalue weighted by Gasteiger charge is -2.32. The van der Waals surface area contributed by atoms with Crippen LogP contribution in [0.25, 0.3) is 0 Å². The Balaban J connectivity index is 1.50. The van der Waals surface area contributed by atoms with Crippen LogP contribution in [-0.2, 0) is 14.8 Å². The van der Waals surface area contributed by atoms with E-state index in [9.17, 15) is 13.2 Å². The van der Waals surface area contributed by atoms with Gasteiger partial charge in [0.05, 0.1) is 17.1 Å². The van der Waals surface area contributed by atoms with Crippen LogP contribution in [0, 0.1) is 12.8 Å². The van der Waals surface area contributed by atoms with Crippen molar-refractivity contribution in [3.05, 3.63) is 58.6 Å². The van der Waals surface area contributed by atoms with E-state index in [0.29, 0.717) is 19.6 Å². The van der Waals surface area contributed by atoms with Crippen LogP contribution >= 0.6 is 15.9 Å². The molecule has 0 radical (unpaired) electrons. The van der Waals surface area contributed by atoms with Gasteiger partial charge in [-0.15, -0.1) is 0 Å². The molecule has 0 aliphatic carbocycles. The normalized spacial score (nSPS) is 17.8. The molecule has 1 heterocycles. The Morgan fingerprint density at radius 3 is 2.62 bits per heavy atom. The lowest BCUT2D eigenvalue weighted by molar-refractivity contribution is -0.117. The predicted molar refractivity (Wildman–Crippen MR) is 118 cm³/mol. The van der Waals surface area contributed by atoms with Gasteiger partial charge in [0, 0.05) is 17.6 Å². The fourth-order valence-corrected chi connectivity index (χ4v) is 4.95. The number of nitrogens with zero attached hydrogens (tertiary/aromatic N) is 1. The number of rotatable bonds is 7. The average molecular weight is 480 g/mol. The number of sulfonamides is 1. The zero-order valence-corrected chi connectivity index (χ0v) is 18.8. The van der Waals surface area contributed by atoms with Crippen molar-refractivity contribution >= 4 is 37.5 Å². The zero-order chi connectivity index (χ0) is 20.9. The fourth-order valence-electron chi connectivity index (χ4n) is 3.45. The minimum Gasteiger partial charge on any atom is -0.324 e. The number of hydrogen-bond acceptors (Lipinski definition) is 4. The van der Waals surface area contributed by atoms with Gasteiger partial charge in [-0.05, 0) is 72.4 Å². The van der Waals surface area contributed by atoms with Crippen molar-refractivity contribution < 1.29 is 13.2 Å². The van der Waals surface area contributed by atoms with Gasteiger partial charge < -0.3 is 5.32 Å². The summed E-state index contributed by atoms with van der Waals surface area (Å²) in [5.74, 6) is 0.109. The molecule has 2 aromatic rings. The van der Waals surface area contributed by atoms with Gasteiger partial charge in [0.25, 0.3) is 0 Å². The number of aryl methyl sites for hydroxylation is 1. The van der Waals surface area contributed by atoms with Crippen molar-refractivity contribution in [1.29, 1.82) is 0 Å². The van der Waals surface area contributed by atoms with Crippen LogP contribution in [0.4, 0.5) is 5.69 Å². The predicted octanol–water partition coefficient (Wildman–Crippen LogP) is 3.39. The summed E-state index contributed by atoms with van der Waals surface area (Å²) < 4.78 is 28.5. The first kappa shape index (κ1) is 22.0. The summed E-state index contributed by atoms with van der Waals surface area (Å²) in [5.41, 5.74) is 1.77. The first-order chi connectivity index (χ1) is 13.8. The maximum Gasteiger partial charge on any atom is 0.240 e. The molecule has 2 N–H and O–H groups in total. The Morgan fingerprint density at radius 2 is 1.90 bits per heavy atom. The summed E-state index contributed by atoms with van der Waals surface area (Å²) in [4.78, 5) is 14.7. The molecular formula is C21H26BrN3O3S. The van der Waals surface area contributed by atoms with Crippen LogP contribution in [0.5, 0.6) is 0 Å². The second-order valence-corrected chi connectivity index (χ2v) is 10.1. The zero-order valence-electron chi connectivity index (χ0n) is 16.4. The first-order valence-corrected chi connectivity index (χ1v) is 11.9. The number of carbonyl (C=O) groups is 1. The number of hydrogen-bond donors (Lipinski definition) is 2. The van der Waals surface area contributed by atoms with E-state index < -0.39 is 10.0 Å². The Hall–Kier alpha value is -1.74. The fraction of sp³-hybridized carbons (Fsp3) is 0.381. The SMILES string of the molecule is Cc1ccc(S(=O)(=O)NCC2CCCN(CC(=O)Nc3ccccc3Br)C2)cc1. The Morgan fingerprint density at radius 1 is 1.17 bits per heavy atom. The molecule has 6 nitrogen and oxygen atoms in total. The number of nitrogens with one attached hydrogen (secondary N) is 2. The van der Waals surface area contributed by atoms with Gasteiger partial charge in [0.15, 0.2) is 0 Å². The van der Waals surface area contributed by atoms with Gasteiger partial charge in [-0.3, -0.25) is 9.69 Å². The molecule has 1 amide bonds. The molecule has 3 rings (SSSR count). The quantitative estimate of drug-likeness (QED) is 0.637. The van der Waals surface area contributed by atoms with Crippen LogP contribution in [0.2, 0.25) is 0 Å². The highest BCUT2D eigenvalue weighted by Gasteiger charge is 2.24. The molecule has 2 aromatic carbocycles. The standard InChI is InChI=1S/C21H26BrN3O3S/c1-16-8-10-18(11-9-16)29(27,28)23-13-17-5-4-12-25(14-17)15-21(26)24-20-7-3-2-6-19(20)22/h2-3,6-11,17,23H,4-5,12-15H2,1H3,(H,24,26). The number of para-hydroxylation sites is 1. The molecule has 0 aromatic heterocycles. The number of amides is 1. The number of piperidine rings is 1. The van der Waals surface area contributed by atoms with Crippen molar-refractivity contribution in [2.75, 3.05) is 31.5 Å². The Kier molecular flexibility index (Phi) is 7.45. The number of halogens is 1. The minimum atomic E-state index is -3.52. The Bertz CT molecular complexity index is 948. The summed E-state index contributed by atoms with van der Waals surface area (Å²) in [6, 6.07) is 14.3. The highest BCUT2D eigenvalue weighted by atomic mass is 79.9. The third-order valence-corrected chi connectivity index (χ3v) is 7.14. The molecule has 1 fully saturated rings. The van der Waals surface area contributed by atoms with Gasteiger partial charge >= 0.3 is 0 Å². The number of benzene rings is 2. The summed E-state index contributed by atoms with van der Waals surface area (Å²) in [7, 11) is -3.52. The molecular weight excluding hydrogens is 454 g/mol. The monoisotopic (exact) mass is 479 g/mol. The molecule has 1 unspecified atom stereocenters. The second kappa shape index (κ2) is 9.84. The Labute approximate surface area is 180 Å². The van der Waals surface area contributed by atoms with Gasteiger partial charge in [-0.25, -0.2) is 13.1 Å². The molecule has 0 spiro atoms. The summed E-state index contributed by atoms with van der Waals surface area (Å²) in [6.45, 7) is 4.12. The van der Waals surface area contributed by atoms with Crippen molar-refractivity contribution in [3.8, 4) is 0 Å². The summed E-state index contributed by atoms with van der Waals surface area (Å²) in [5, 5.41) is 2.92. The van der Waals surface area contributed by atoms with E-state index >= 15 is 0 Å². The molecule has 29 heavy (non-hydrogen) atoms. The van der Waals surface area contributed by atoms with E-state index in [1.807, 2.05) is 31.2 Å². The first-order valence-electron chi connectivity index (χ1n) is 9.66. The van der Waals surface area contributed by atoms with Crippen molar-refractivity contribution in [2.24, 2.45) is 5.92 Å². The average Bonchev–Trinajstić information content (AvgIpc) is 2.69. The molecule has 0 saturated carbocycles. The molecule has 1 atom stereocenters. The van der Waals surface area contributed by atoms with Crippen molar-refractivity contribution in [1.82, 2.24) is 9.62 Å². The molecule has 156 valence electrons. The highest BCUT2D eigenvalue weighted by molar-refractivity contribution is 9.10. The number of likely N-dealkylation sites (tertiary alicyclic amines) is 1. The van der Waals surface area contributed by atoms with E-state index in [0.717, 1.165) is 35.1 Å². The lowest BCUT2D eigenvalue weighted by atomic mass is 9.98. The highest BCUT2D eigenvalue weighted by Crippen LogP contribution is 2.22. The topological polar surface area (TPSA) is 78.5 Å². The number of anilines is 1. The van der Waals surface area contributed by atoms with E-state index in [4.69, 9.17) is 0 Å². The van der Waals surface area contributed by atoms with Crippen LogP contribution in [0.15, 0.2) is 57.9 Å². The van der Waals surface area contributed by atoms with E-state index in [1.54, 1.807) is 24.3 Å². The third-order valence-electron chi connectivity index (χ3n) is 5.01. The van der Waals surface area contributed by atoms with Crippen LogP contribution in [-0.4, -0.2) is 45.4 Å². The number of carbonyl (C=O) groups excluding carboxylic acids is 1. The molecule has 1 aliphatic heterocycles. The summed E-state index contributed by atoms with van der Waals surface area (Å²) in [6.07, 6.45) is 1.89.